The monoisotopic (exact) mass is 486 g/mol. The van der Waals surface area contributed by atoms with Gasteiger partial charge in [0, 0.05) is 31.3 Å². The van der Waals surface area contributed by atoms with Gasteiger partial charge in [-0.3, -0.25) is 14.4 Å². The average Bonchev–Trinajstić information content (AvgIpc) is 3.19. The first-order valence-corrected chi connectivity index (χ1v) is 14.6. The van der Waals surface area contributed by atoms with Crippen LogP contribution in [0.4, 0.5) is 0 Å². The van der Waals surface area contributed by atoms with Crippen molar-refractivity contribution >= 4 is 11.8 Å². The van der Waals surface area contributed by atoms with Gasteiger partial charge < -0.3 is 4.90 Å². The van der Waals surface area contributed by atoms with Crippen molar-refractivity contribution in [2.24, 2.45) is 40.4 Å². The predicted octanol–water partition coefficient (Wildman–Crippen LogP) is 6.59. The quantitative estimate of drug-likeness (QED) is 0.369. The van der Waals surface area contributed by atoms with E-state index in [2.05, 4.69) is 40.7 Å². The number of hydrogen-bond acceptors (Lipinski definition) is 3. The topological polar surface area (TPSA) is 49.9 Å². The number of hydroxylamine groups is 2. The molecule has 1 aliphatic heterocycles. The molecule has 5 heteroatoms. The molecule has 0 unspecified atom stereocenters. The van der Waals surface area contributed by atoms with Crippen molar-refractivity contribution < 1.29 is 14.4 Å². The molecule has 3 fully saturated rings. The van der Waals surface area contributed by atoms with Gasteiger partial charge in [-0.25, -0.2) is 0 Å². The van der Waals surface area contributed by atoms with E-state index in [1.165, 1.54) is 32.1 Å². The van der Waals surface area contributed by atoms with Crippen LogP contribution in [0.1, 0.15) is 106 Å². The molecule has 0 aromatic carbocycles. The number of piperidine rings is 1. The number of carbonyl (C=O) groups excluding carboxylic acids is 2. The summed E-state index contributed by atoms with van der Waals surface area (Å²) in [6, 6.07) is 0. The Bertz CT molecular complexity index is 820. The standard InChI is InChI=1S/C30H50N2O3/c1-7-31(8-2)27(33)12-10-11-21(4)23-14-15-24-22-13-16-26-30(6,25(22)17-19-29(23,24)5)20-18-28(34)32(26)35-9-3/h16,21-25H,7-15,17-20H2,1-6H3/t21-,22+,23-,24+,25+,29-,30-/m1/s1. The zero-order valence-electron chi connectivity index (χ0n) is 23.3. The normalized spacial score (nSPS) is 37.3. The highest BCUT2D eigenvalue weighted by Gasteiger charge is 2.60. The number of rotatable bonds is 9. The van der Waals surface area contributed by atoms with Gasteiger partial charge >= 0.3 is 0 Å². The van der Waals surface area contributed by atoms with Gasteiger partial charge in [0.05, 0.1) is 12.3 Å². The minimum Gasteiger partial charge on any atom is -0.343 e. The van der Waals surface area contributed by atoms with Gasteiger partial charge in [0.2, 0.25) is 5.91 Å². The number of fused-ring (bicyclic) bond motifs is 5. The summed E-state index contributed by atoms with van der Waals surface area (Å²) in [7, 11) is 0. The Balaban J connectivity index is 1.44. The van der Waals surface area contributed by atoms with Crippen LogP contribution >= 0.6 is 0 Å². The summed E-state index contributed by atoms with van der Waals surface area (Å²) < 4.78 is 0. The zero-order chi connectivity index (χ0) is 25.4. The van der Waals surface area contributed by atoms with Crippen LogP contribution in [-0.2, 0) is 14.4 Å². The molecule has 1 saturated heterocycles. The second-order valence-electron chi connectivity index (χ2n) is 12.4. The van der Waals surface area contributed by atoms with Crippen LogP contribution in [0.3, 0.4) is 0 Å². The van der Waals surface area contributed by atoms with Crippen molar-refractivity contribution in [3.63, 3.8) is 0 Å². The van der Waals surface area contributed by atoms with E-state index in [0.29, 0.717) is 42.6 Å². The van der Waals surface area contributed by atoms with Crippen LogP contribution in [-0.4, -0.2) is 41.5 Å². The molecule has 2 saturated carbocycles. The molecule has 0 radical (unpaired) electrons. The average molecular weight is 487 g/mol. The van der Waals surface area contributed by atoms with E-state index in [4.69, 9.17) is 4.84 Å². The Morgan fingerprint density at radius 1 is 1.14 bits per heavy atom. The predicted molar refractivity (Wildman–Crippen MR) is 140 cm³/mol. The lowest BCUT2D eigenvalue weighted by atomic mass is 9.48. The molecule has 7 atom stereocenters. The van der Waals surface area contributed by atoms with Gasteiger partial charge in [0.15, 0.2) is 0 Å². The van der Waals surface area contributed by atoms with Crippen LogP contribution in [0, 0.1) is 40.4 Å². The fourth-order valence-corrected chi connectivity index (χ4v) is 9.07. The van der Waals surface area contributed by atoms with Gasteiger partial charge in [0.25, 0.3) is 5.91 Å². The highest BCUT2D eigenvalue weighted by atomic mass is 16.7. The molecule has 0 N–H and O–H groups in total. The SMILES string of the molecule is CCON1C(=O)CC[C@@]2(C)C1=CC[C@H]1[C@@H]3CC[C@H]([C@H](C)CCCC(=O)N(CC)CC)[C@@]3(C)CC[C@@H]12. The Kier molecular flexibility index (Phi) is 8.05. The molecule has 1 heterocycles. The molecule has 0 aromatic rings. The highest BCUT2D eigenvalue weighted by Crippen LogP contribution is 2.67. The number of allylic oxidation sites excluding steroid dienone is 2. The third kappa shape index (κ3) is 4.60. The first-order chi connectivity index (χ1) is 16.7. The maximum atomic E-state index is 12.6. The molecule has 35 heavy (non-hydrogen) atoms. The Hall–Kier alpha value is -1.36. The lowest BCUT2D eigenvalue weighted by Gasteiger charge is -2.58. The second kappa shape index (κ2) is 10.6. The fraction of sp³-hybridized carbons (Fsp3) is 0.867. The number of hydrogen-bond donors (Lipinski definition) is 0. The van der Waals surface area contributed by atoms with E-state index in [-0.39, 0.29) is 11.3 Å². The third-order valence-corrected chi connectivity index (χ3v) is 10.9. The van der Waals surface area contributed by atoms with Crippen LogP contribution in [0.2, 0.25) is 0 Å². The van der Waals surface area contributed by atoms with Crippen LogP contribution in [0.15, 0.2) is 11.8 Å². The minimum absolute atomic E-state index is 0.0574. The molecule has 0 aromatic heterocycles. The van der Waals surface area contributed by atoms with E-state index in [1.54, 1.807) is 5.06 Å². The lowest BCUT2D eigenvalue weighted by molar-refractivity contribution is -0.192. The van der Waals surface area contributed by atoms with E-state index < -0.39 is 0 Å². The summed E-state index contributed by atoms with van der Waals surface area (Å²) in [4.78, 5) is 32.9. The van der Waals surface area contributed by atoms with Gasteiger partial charge in [-0.2, -0.15) is 5.06 Å². The summed E-state index contributed by atoms with van der Waals surface area (Å²) in [6.45, 7) is 15.8. The van der Waals surface area contributed by atoms with Crippen LogP contribution < -0.4 is 0 Å². The summed E-state index contributed by atoms with van der Waals surface area (Å²) in [5.74, 6) is 4.05. The number of nitrogens with zero attached hydrogens (tertiary/aromatic N) is 2. The maximum absolute atomic E-state index is 12.6. The molecule has 3 aliphatic carbocycles. The Morgan fingerprint density at radius 2 is 1.89 bits per heavy atom. The zero-order valence-corrected chi connectivity index (χ0v) is 23.3. The van der Waals surface area contributed by atoms with Gasteiger partial charge in [-0.1, -0.05) is 26.8 Å². The van der Waals surface area contributed by atoms with E-state index in [9.17, 15) is 9.59 Å². The van der Waals surface area contributed by atoms with Crippen molar-refractivity contribution in [3.8, 4) is 0 Å². The van der Waals surface area contributed by atoms with Crippen molar-refractivity contribution in [2.45, 2.75) is 106 Å². The van der Waals surface area contributed by atoms with Gasteiger partial charge in [-0.15, -0.1) is 0 Å². The van der Waals surface area contributed by atoms with E-state index in [1.807, 2.05) is 11.8 Å². The minimum atomic E-state index is 0.0574. The van der Waals surface area contributed by atoms with Crippen molar-refractivity contribution in [3.05, 3.63) is 11.8 Å². The van der Waals surface area contributed by atoms with Crippen molar-refractivity contribution in [1.82, 2.24) is 9.96 Å². The van der Waals surface area contributed by atoms with Gasteiger partial charge in [-0.05, 0) is 107 Å². The van der Waals surface area contributed by atoms with Crippen LogP contribution in [0.5, 0.6) is 0 Å². The van der Waals surface area contributed by atoms with Crippen molar-refractivity contribution in [2.75, 3.05) is 19.7 Å². The van der Waals surface area contributed by atoms with E-state index in [0.717, 1.165) is 55.8 Å². The summed E-state index contributed by atoms with van der Waals surface area (Å²) >= 11 is 0. The molecule has 0 bridgehead atoms. The first kappa shape index (κ1) is 26.7. The van der Waals surface area contributed by atoms with E-state index >= 15 is 0 Å². The lowest BCUT2D eigenvalue weighted by Crippen LogP contribution is -2.54. The first-order valence-electron chi connectivity index (χ1n) is 14.6. The molecular formula is C30H50N2O3. The van der Waals surface area contributed by atoms with Crippen molar-refractivity contribution in [1.29, 1.82) is 0 Å². The number of carbonyl (C=O) groups is 2. The molecule has 0 spiro atoms. The molecule has 4 aliphatic rings. The molecular weight excluding hydrogens is 436 g/mol. The molecule has 4 rings (SSSR count). The Morgan fingerprint density at radius 3 is 2.57 bits per heavy atom. The number of amides is 2. The molecule has 2 amide bonds. The Labute approximate surface area is 214 Å². The fourth-order valence-electron chi connectivity index (χ4n) is 9.07. The third-order valence-electron chi connectivity index (χ3n) is 10.9. The summed E-state index contributed by atoms with van der Waals surface area (Å²) in [6.07, 6.45) is 13.2. The highest BCUT2D eigenvalue weighted by molar-refractivity contribution is 5.78. The summed E-state index contributed by atoms with van der Waals surface area (Å²) in [5, 5.41) is 1.66. The van der Waals surface area contributed by atoms with Gasteiger partial charge in [0.1, 0.15) is 0 Å². The summed E-state index contributed by atoms with van der Waals surface area (Å²) in [5.41, 5.74) is 1.62. The largest absolute Gasteiger partial charge is 0.343 e. The maximum Gasteiger partial charge on any atom is 0.250 e. The van der Waals surface area contributed by atoms with Crippen LogP contribution in [0.25, 0.3) is 0 Å². The smallest absolute Gasteiger partial charge is 0.250 e. The molecule has 198 valence electrons. The second-order valence-corrected chi connectivity index (χ2v) is 12.4. The molecule has 5 nitrogen and oxygen atoms in total.